The molecule has 2 aromatic carbocycles. The molecule has 0 amide bonds. The number of ether oxygens (including phenoxy) is 3. The fourth-order valence-corrected chi connectivity index (χ4v) is 3.63. The summed E-state index contributed by atoms with van der Waals surface area (Å²) in [6.07, 6.45) is -0.375. The van der Waals surface area contributed by atoms with E-state index in [0.717, 1.165) is 11.1 Å². The first kappa shape index (κ1) is 16.8. The van der Waals surface area contributed by atoms with Gasteiger partial charge in [-0.15, -0.1) is 0 Å². The molecule has 0 aliphatic carbocycles. The normalized spacial score (nSPS) is 15.4. The maximum atomic E-state index is 12.5. The lowest BCUT2D eigenvalue weighted by Crippen LogP contribution is -2.13. The largest absolute Gasteiger partial charge is 0.496 e. The summed E-state index contributed by atoms with van der Waals surface area (Å²) in [5.74, 6) is 0.648. The van der Waals surface area contributed by atoms with Crippen molar-refractivity contribution in [3.05, 3.63) is 53.6 Å². The van der Waals surface area contributed by atoms with E-state index in [4.69, 9.17) is 14.2 Å². The Morgan fingerprint density at radius 3 is 2.33 bits per heavy atom. The van der Waals surface area contributed by atoms with Crippen LogP contribution in [0.15, 0.2) is 47.4 Å². The Bertz CT molecular complexity index is 811. The van der Waals surface area contributed by atoms with Crippen LogP contribution in [0, 0.1) is 6.92 Å². The van der Waals surface area contributed by atoms with Crippen molar-refractivity contribution >= 4 is 15.7 Å². The Morgan fingerprint density at radius 1 is 1.08 bits per heavy atom. The van der Waals surface area contributed by atoms with Gasteiger partial charge in [0.2, 0.25) is 0 Å². The Morgan fingerprint density at radius 2 is 1.75 bits per heavy atom. The van der Waals surface area contributed by atoms with Crippen LogP contribution in [0.3, 0.4) is 0 Å². The number of nitrogens with one attached hydrogen (secondary N) is 1. The minimum absolute atomic E-state index is 0.187. The lowest BCUT2D eigenvalue weighted by molar-refractivity contribution is -0.0441. The summed E-state index contributed by atoms with van der Waals surface area (Å²) in [6.45, 7) is 2.93. The zero-order chi connectivity index (χ0) is 17.2. The standard InChI is InChI=1S/C17H19NO5S/c1-12-11-15(7-8-16(12)21-2)24(19,20)18-14-5-3-13(4-6-14)17-22-9-10-23-17/h3-8,11,17-18H,9-10H2,1-2H3. The summed E-state index contributed by atoms with van der Waals surface area (Å²) >= 11 is 0. The molecule has 1 fully saturated rings. The molecule has 3 rings (SSSR count). The smallest absolute Gasteiger partial charge is 0.261 e. The Kier molecular flexibility index (Phi) is 4.75. The van der Waals surface area contributed by atoms with Crippen molar-refractivity contribution < 1.29 is 22.6 Å². The SMILES string of the molecule is COc1ccc(S(=O)(=O)Nc2ccc(C3OCCO3)cc2)cc1C. The van der Waals surface area contributed by atoms with Gasteiger partial charge < -0.3 is 14.2 Å². The number of anilines is 1. The first-order chi connectivity index (χ1) is 11.5. The first-order valence-corrected chi connectivity index (χ1v) is 8.98. The van der Waals surface area contributed by atoms with Crippen molar-refractivity contribution in [3.8, 4) is 5.75 Å². The summed E-state index contributed by atoms with van der Waals surface area (Å²) in [5, 5.41) is 0. The van der Waals surface area contributed by atoms with E-state index in [9.17, 15) is 8.42 Å². The number of aryl methyl sites for hydroxylation is 1. The molecule has 0 unspecified atom stereocenters. The molecule has 1 aliphatic heterocycles. The van der Waals surface area contributed by atoms with E-state index in [1.807, 2.05) is 0 Å². The fourth-order valence-electron chi connectivity index (χ4n) is 2.49. The van der Waals surface area contributed by atoms with Gasteiger partial charge in [-0.05, 0) is 42.8 Å². The van der Waals surface area contributed by atoms with Crippen LogP contribution in [-0.2, 0) is 19.5 Å². The van der Waals surface area contributed by atoms with Crippen LogP contribution in [0.4, 0.5) is 5.69 Å². The zero-order valence-electron chi connectivity index (χ0n) is 13.5. The van der Waals surface area contributed by atoms with Crippen LogP contribution in [-0.4, -0.2) is 28.7 Å². The topological polar surface area (TPSA) is 73.9 Å². The number of rotatable bonds is 5. The molecule has 2 aromatic rings. The second-order valence-electron chi connectivity index (χ2n) is 5.43. The van der Waals surface area contributed by atoms with E-state index in [1.165, 1.54) is 6.07 Å². The predicted octanol–water partition coefficient (Wildman–Crippen LogP) is 2.85. The van der Waals surface area contributed by atoms with Crippen LogP contribution in [0.1, 0.15) is 17.4 Å². The number of hydrogen-bond donors (Lipinski definition) is 1. The van der Waals surface area contributed by atoms with Gasteiger partial charge in [-0.25, -0.2) is 8.42 Å². The number of methoxy groups -OCH3 is 1. The van der Waals surface area contributed by atoms with Gasteiger partial charge in [0.1, 0.15) is 5.75 Å². The molecule has 24 heavy (non-hydrogen) atoms. The third-order valence-electron chi connectivity index (χ3n) is 3.73. The fraction of sp³-hybridized carbons (Fsp3) is 0.294. The quantitative estimate of drug-likeness (QED) is 0.898. The Labute approximate surface area is 141 Å². The lowest BCUT2D eigenvalue weighted by atomic mass is 10.2. The molecule has 0 spiro atoms. The van der Waals surface area contributed by atoms with Gasteiger partial charge in [-0.1, -0.05) is 12.1 Å². The van der Waals surface area contributed by atoms with Crippen LogP contribution in [0.25, 0.3) is 0 Å². The number of benzene rings is 2. The molecule has 7 heteroatoms. The lowest BCUT2D eigenvalue weighted by Gasteiger charge is -2.12. The first-order valence-electron chi connectivity index (χ1n) is 7.50. The molecule has 128 valence electrons. The van der Waals surface area contributed by atoms with Gasteiger partial charge in [0.15, 0.2) is 6.29 Å². The summed E-state index contributed by atoms with van der Waals surface area (Å²) in [6, 6.07) is 11.7. The van der Waals surface area contributed by atoms with Crippen molar-refractivity contribution in [2.75, 3.05) is 25.0 Å². The van der Waals surface area contributed by atoms with Crippen molar-refractivity contribution in [3.63, 3.8) is 0 Å². The molecule has 0 aromatic heterocycles. The molecule has 0 atom stereocenters. The molecular formula is C17H19NO5S. The second-order valence-corrected chi connectivity index (χ2v) is 7.11. The summed E-state index contributed by atoms with van der Waals surface area (Å²) in [7, 11) is -2.11. The van der Waals surface area contributed by atoms with Crippen LogP contribution >= 0.6 is 0 Å². The highest BCUT2D eigenvalue weighted by Gasteiger charge is 2.19. The van der Waals surface area contributed by atoms with Gasteiger partial charge in [0.25, 0.3) is 10.0 Å². The van der Waals surface area contributed by atoms with E-state index in [2.05, 4.69) is 4.72 Å². The van der Waals surface area contributed by atoms with E-state index in [-0.39, 0.29) is 11.2 Å². The molecule has 1 heterocycles. The van der Waals surface area contributed by atoms with Gasteiger partial charge in [-0.2, -0.15) is 0 Å². The third kappa shape index (κ3) is 3.53. The molecule has 0 radical (unpaired) electrons. The highest BCUT2D eigenvalue weighted by molar-refractivity contribution is 7.92. The minimum Gasteiger partial charge on any atom is -0.496 e. The summed E-state index contributed by atoms with van der Waals surface area (Å²) in [5.41, 5.74) is 2.09. The van der Waals surface area contributed by atoms with E-state index >= 15 is 0 Å². The highest BCUT2D eigenvalue weighted by atomic mass is 32.2. The van der Waals surface area contributed by atoms with Gasteiger partial charge >= 0.3 is 0 Å². The van der Waals surface area contributed by atoms with E-state index in [0.29, 0.717) is 24.7 Å². The molecule has 6 nitrogen and oxygen atoms in total. The van der Waals surface area contributed by atoms with Crippen LogP contribution < -0.4 is 9.46 Å². The van der Waals surface area contributed by atoms with Crippen LogP contribution in [0.5, 0.6) is 5.75 Å². The maximum Gasteiger partial charge on any atom is 0.261 e. The van der Waals surface area contributed by atoms with Crippen molar-refractivity contribution in [2.24, 2.45) is 0 Å². The number of sulfonamides is 1. The van der Waals surface area contributed by atoms with Crippen molar-refractivity contribution in [1.29, 1.82) is 0 Å². The molecule has 0 bridgehead atoms. The van der Waals surface area contributed by atoms with Gasteiger partial charge in [0.05, 0.1) is 25.2 Å². The monoisotopic (exact) mass is 349 g/mol. The molecular weight excluding hydrogens is 330 g/mol. The average Bonchev–Trinajstić information content (AvgIpc) is 3.09. The second kappa shape index (κ2) is 6.80. The average molecular weight is 349 g/mol. The van der Waals surface area contributed by atoms with Gasteiger partial charge in [-0.3, -0.25) is 4.72 Å². The molecule has 1 saturated heterocycles. The number of hydrogen-bond acceptors (Lipinski definition) is 5. The van der Waals surface area contributed by atoms with Gasteiger partial charge in [0, 0.05) is 11.3 Å². The minimum atomic E-state index is -3.66. The third-order valence-corrected chi connectivity index (χ3v) is 5.11. The Hall–Kier alpha value is -2.09. The maximum absolute atomic E-state index is 12.5. The Balaban J connectivity index is 1.77. The molecule has 1 N–H and O–H groups in total. The predicted molar refractivity (Wildman–Crippen MR) is 89.6 cm³/mol. The summed E-state index contributed by atoms with van der Waals surface area (Å²) < 4.78 is 43.5. The van der Waals surface area contributed by atoms with Crippen LogP contribution in [0.2, 0.25) is 0 Å². The van der Waals surface area contributed by atoms with Crippen molar-refractivity contribution in [2.45, 2.75) is 18.1 Å². The highest BCUT2D eigenvalue weighted by Crippen LogP contribution is 2.26. The van der Waals surface area contributed by atoms with E-state index < -0.39 is 10.0 Å². The molecule has 0 saturated carbocycles. The molecule has 1 aliphatic rings. The van der Waals surface area contributed by atoms with E-state index in [1.54, 1.807) is 50.4 Å². The summed E-state index contributed by atoms with van der Waals surface area (Å²) in [4.78, 5) is 0.187. The zero-order valence-corrected chi connectivity index (χ0v) is 14.3. The van der Waals surface area contributed by atoms with Crippen molar-refractivity contribution in [1.82, 2.24) is 0 Å².